The Morgan fingerprint density at radius 2 is 2.03 bits per heavy atom. The second-order valence-electron chi connectivity index (χ2n) is 6.17. The molecule has 148 valence electrons. The van der Waals surface area contributed by atoms with Crippen LogP contribution in [0.1, 0.15) is 17.0 Å². The zero-order valence-electron chi connectivity index (χ0n) is 15.2. The number of hydrogen-bond donors (Lipinski definition) is 1. The lowest BCUT2D eigenvalue weighted by Crippen LogP contribution is -2.00. The smallest absolute Gasteiger partial charge is 0.336 e. The van der Waals surface area contributed by atoms with Crippen molar-refractivity contribution in [2.24, 2.45) is 0 Å². The highest BCUT2D eigenvalue weighted by molar-refractivity contribution is 7.98. The molecule has 0 amide bonds. The highest BCUT2D eigenvalue weighted by Crippen LogP contribution is 2.32. The summed E-state index contributed by atoms with van der Waals surface area (Å²) in [5.41, 5.74) is 1.43. The van der Waals surface area contributed by atoms with E-state index in [0.717, 1.165) is 11.3 Å². The normalized spacial score (nSPS) is 11.1. The number of ether oxygens (including phenoxy) is 1. The summed E-state index contributed by atoms with van der Waals surface area (Å²) in [7, 11) is 1.61. The molecule has 0 aliphatic heterocycles. The van der Waals surface area contributed by atoms with Gasteiger partial charge in [-0.1, -0.05) is 35.5 Å². The predicted molar refractivity (Wildman–Crippen MR) is 109 cm³/mol. The molecule has 4 aromatic rings. The van der Waals surface area contributed by atoms with Crippen LogP contribution in [-0.4, -0.2) is 22.4 Å². The minimum Gasteiger partial charge on any atom is -0.506 e. The summed E-state index contributed by atoms with van der Waals surface area (Å²) in [6.07, 6.45) is 0.484. The molecule has 0 atom stereocenters. The zero-order chi connectivity index (χ0) is 20.4. The summed E-state index contributed by atoms with van der Waals surface area (Å²) in [6, 6.07) is 11.9. The van der Waals surface area contributed by atoms with Crippen molar-refractivity contribution in [3.63, 3.8) is 0 Å². The zero-order valence-corrected chi connectivity index (χ0v) is 16.8. The van der Waals surface area contributed by atoms with E-state index in [1.165, 1.54) is 23.9 Å². The predicted octanol–water partition coefficient (Wildman–Crippen LogP) is 4.43. The van der Waals surface area contributed by atoms with Crippen molar-refractivity contribution in [2.75, 3.05) is 7.11 Å². The van der Waals surface area contributed by atoms with Gasteiger partial charge in [-0.2, -0.15) is 0 Å². The van der Waals surface area contributed by atoms with Crippen LogP contribution in [0.25, 0.3) is 11.0 Å². The van der Waals surface area contributed by atoms with Crippen LogP contribution in [0.15, 0.2) is 61.3 Å². The van der Waals surface area contributed by atoms with Gasteiger partial charge >= 0.3 is 5.63 Å². The van der Waals surface area contributed by atoms with Crippen LogP contribution in [0.4, 0.5) is 0 Å². The highest BCUT2D eigenvalue weighted by Gasteiger charge is 2.13. The molecule has 0 saturated carbocycles. The van der Waals surface area contributed by atoms with E-state index in [9.17, 15) is 9.90 Å². The lowest BCUT2D eigenvalue weighted by Gasteiger charge is -2.05. The molecule has 0 saturated heterocycles. The number of thioether (sulfide) groups is 1. The minimum atomic E-state index is -0.515. The third-order valence-electron chi connectivity index (χ3n) is 4.19. The average molecular weight is 431 g/mol. The van der Waals surface area contributed by atoms with Gasteiger partial charge in [0.25, 0.3) is 5.22 Å². The van der Waals surface area contributed by atoms with Gasteiger partial charge in [-0.25, -0.2) is 4.79 Å². The molecule has 0 unspecified atom stereocenters. The van der Waals surface area contributed by atoms with Gasteiger partial charge in [-0.3, -0.25) is 0 Å². The second-order valence-corrected chi connectivity index (χ2v) is 7.50. The van der Waals surface area contributed by atoms with E-state index in [4.69, 9.17) is 25.2 Å². The summed E-state index contributed by atoms with van der Waals surface area (Å²) in [5.74, 6) is 1.48. The Labute approximate surface area is 174 Å². The number of benzene rings is 2. The van der Waals surface area contributed by atoms with Gasteiger partial charge in [0.15, 0.2) is 0 Å². The fraction of sp³-hybridized carbons (Fsp3) is 0.150. The van der Waals surface area contributed by atoms with E-state index in [1.807, 2.05) is 24.3 Å². The fourth-order valence-corrected chi connectivity index (χ4v) is 3.75. The van der Waals surface area contributed by atoms with Crippen molar-refractivity contribution in [1.29, 1.82) is 0 Å². The summed E-state index contributed by atoms with van der Waals surface area (Å²) < 4.78 is 16.1. The van der Waals surface area contributed by atoms with Crippen molar-refractivity contribution in [2.45, 2.75) is 17.4 Å². The Morgan fingerprint density at radius 3 is 2.86 bits per heavy atom. The SMILES string of the molecule is COc1cccc(Cc2nnc(SCc3cc(=O)oc4cc(O)c(Cl)cc34)o2)c1. The molecule has 0 aliphatic carbocycles. The number of phenolic OH excluding ortho intramolecular Hbond substituents is 1. The molecule has 1 N–H and O–H groups in total. The molecule has 2 aromatic carbocycles. The largest absolute Gasteiger partial charge is 0.506 e. The van der Waals surface area contributed by atoms with Gasteiger partial charge in [-0.05, 0) is 29.3 Å². The number of phenols is 1. The maximum absolute atomic E-state index is 11.8. The van der Waals surface area contributed by atoms with Crippen LogP contribution in [-0.2, 0) is 12.2 Å². The van der Waals surface area contributed by atoms with Crippen LogP contribution in [0.2, 0.25) is 5.02 Å². The molecule has 7 nitrogen and oxygen atoms in total. The first-order valence-electron chi connectivity index (χ1n) is 8.55. The third-order valence-corrected chi connectivity index (χ3v) is 5.36. The monoisotopic (exact) mass is 430 g/mol. The van der Waals surface area contributed by atoms with Gasteiger partial charge in [0.05, 0.1) is 18.6 Å². The number of aromatic nitrogens is 2. The molecule has 29 heavy (non-hydrogen) atoms. The first kappa shape index (κ1) is 19.4. The van der Waals surface area contributed by atoms with Crippen LogP contribution in [0.5, 0.6) is 11.5 Å². The molecule has 0 radical (unpaired) electrons. The number of nitrogens with zero attached hydrogens (tertiary/aromatic N) is 2. The molecule has 9 heteroatoms. The Hall–Kier alpha value is -2.97. The lowest BCUT2D eigenvalue weighted by atomic mass is 10.1. The second kappa shape index (κ2) is 8.18. The molecule has 0 bridgehead atoms. The van der Waals surface area contributed by atoms with E-state index < -0.39 is 5.63 Å². The number of methoxy groups -OCH3 is 1. The quantitative estimate of drug-likeness (QED) is 0.354. The van der Waals surface area contributed by atoms with E-state index in [0.29, 0.717) is 34.2 Å². The Morgan fingerprint density at radius 1 is 1.17 bits per heavy atom. The molecule has 0 fully saturated rings. The third kappa shape index (κ3) is 4.38. The highest BCUT2D eigenvalue weighted by atomic mass is 35.5. The fourth-order valence-electron chi connectivity index (χ4n) is 2.82. The number of halogens is 1. The van der Waals surface area contributed by atoms with E-state index in [-0.39, 0.29) is 16.4 Å². The van der Waals surface area contributed by atoms with Crippen LogP contribution in [0.3, 0.4) is 0 Å². The van der Waals surface area contributed by atoms with E-state index >= 15 is 0 Å². The minimum absolute atomic E-state index is 0.147. The first-order valence-corrected chi connectivity index (χ1v) is 9.91. The van der Waals surface area contributed by atoms with Gasteiger partial charge in [-0.15, -0.1) is 10.2 Å². The summed E-state index contributed by atoms with van der Waals surface area (Å²) in [6.45, 7) is 0. The van der Waals surface area contributed by atoms with Crippen molar-refractivity contribution in [1.82, 2.24) is 10.2 Å². The van der Waals surface area contributed by atoms with E-state index in [2.05, 4.69) is 10.2 Å². The molecule has 0 aliphatic rings. The van der Waals surface area contributed by atoms with Crippen LogP contribution in [0, 0.1) is 0 Å². The standard InChI is InChI=1S/C20H15ClN2O5S/c1-26-13-4-2-3-11(5-13)6-18-22-23-20(28-18)29-10-12-7-19(25)27-17-9-16(24)15(21)8-14(12)17/h2-5,7-9,24H,6,10H2,1H3. The van der Waals surface area contributed by atoms with Crippen molar-refractivity contribution >= 4 is 34.3 Å². The number of hydrogen-bond acceptors (Lipinski definition) is 8. The Balaban J connectivity index is 1.51. The van der Waals surface area contributed by atoms with Crippen LogP contribution < -0.4 is 10.4 Å². The molecular formula is C20H15ClN2O5S. The maximum Gasteiger partial charge on any atom is 0.336 e. The van der Waals surface area contributed by atoms with E-state index in [1.54, 1.807) is 13.2 Å². The number of rotatable bonds is 6. The van der Waals surface area contributed by atoms with Crippen molar-refractivity contribution < 1.29 is 18.7 Å². The summed E-state index contributed by atoms with van der Waals surface area (Å²) in [4.78, 5) is 11.8. The summed E-state index contributed by atoms with van der Waals surface area (Å²) in [5, 5.41) is 19.0. The van der Waals surface area contributed by atoms with Gasteiger partial charge in [0.2, 0.25) is 5.89 Å². The molecule has 2 aromatic heterocycles. The van der Waals surface area contributed by atoms with Crippen molar-refractivity contribution in [3.8, 4) is 11.5 Å². The lowest BCUT2D eigenvalue weighted by molar-refractivity contribution is 0.412. The molecular weight excluding hydrogens is 416 g/mol. The number of fused-ring (bicyclic) bond motifs is 1. The molecule has 0 spiro atoms. The van der Waals surface area contributed by atoms with Gasteiger partial charge in [0, 0.05) is 23.3 Å². The van der Waals surface area contributed by atoms with Crippen molar-refractivity contribution in [3.05, 3.63) is 74.9 Å². The number of aromatic hydroxyl groups is 1. The topological polar surface area (TPSA) is 98.6 Å². The molecule has 2 heterocycles. The van der Waals surface area contributed by atoms with Crippen LogP contribution >= 0.6 is 23.4 Å². The first-order chi connectivity index (χ1) is 14.0. The summed E-state index contributed by atoms with van der Waals surface area (Å²) >= 11 is 7.29. The van der Waals surface area contributed by atoms with Gasteiger partial charge < -0.3 is 18.7 Å². The Bertz CT molecular complexity index is 1240. The average Bonchev–Trinajstić information content (AvgIpc) is 3.15. The van der Waals surface area contributed by atoms with Gasteiger partial charge in [0.1, 0.15) is 17.1 Å². The maximum atomic E-state index is 11.8. The Kier molecular flexibility index (Phi) is 5.46. The molecule has 4 rings (SSSR count).